The maximum atomic E-state index is 9.54. The second-order valence-electron chi connectivity index (χ2n) is 7.29. The van der Waals surface area contributed by atoms with Gasteiger partial charge in [0.15, 0.2) is 0 Å². The van der Waals surface area contributed by atoms with Crippen LogP contribution in [0.4, 0.5) is 0 Å². The summed E-state index contributed by atoms with van der Waals surface area (Å²) in [5.74, 6) is 0. The molecule has 13 nitrogen and oxygen atoms in total. The number of aromatic nitrogens is 9. The van der Waals surface area contributed by atoms with Gasteiger partial charge in [-0.3, -0.25) is 20.2 Å². The molecule has 0 bridgehead atoms. The van der Waals surface area contributed by atoms with Gasteiger partial charge in [0.05, 0.1) is 35.2 Å². The van der Waals surface area contributed by atoms with Gasteiger partial charge in [0.1, 0.15) is 0 Å². The SMILES string of the molecule is OCCCC(c1c[nH]nn1)N(C(CCCO)c1c[nH]nn1)C(CCCO)c1c[nH]nn1.[Cu+2]. The molecule has 3 atom stereocenters. The zero-order chi connectivity index (χ0) is 21.9. The van der Waals surface area contributed by atoms with Gasteiger partial charge in [0.25, 0.3) is 0 Å². The van der Waals surface area contributed by atoms with Crippen LogP contribution in [0, 0.1) is 0 Å². The minimum Gasteiger partial charge on any atom is -0.396 e. The Morgan fingerprint density at radius 2 is 0.938 bits per heavy atom. The van der Waals surface area contributed by atoms with E-state index in [2.05, 4.69) is 51.1 Å². The topological polar surface area (TPSA) is 189 Å². The summed E-state index contributed by atoms with van der Waals surface area (Å²) in [7, 11) is 0. The van der Waals surface area contributed by atoms with Gasteiger partial charge >= 0.3 is 17.1 Å². The minimum absolute atomic E-state index is 0. The van der Waals surface area contributed by atoms with Crippen molar-refractivity contribution in [1.29, 1.82) is 0 Å². The molecule has 0 amide bonds. The Labute approximate surface area is 195 Å². The first-order valence-corrected chi connectivity index (χ1v) is 10.5. The van der Waals surface area contributed by atoms with Gasteiger partial charge in [0, 0.05) is 38.4 Å². The maximum Gasteiger partial charge on any atom is 2.00 e. The van der Waals surface area contributed by atoms with Gasteiger partial charge in [-0.05, 0) is 38.5 Å². The summed E-state index contributed by atoms with van der Waals surface area (Å²) in [6.07, 6.45) is 8.76. The van der Waals surface area contributed by atoms with Crippen molar-refractivity contribution in [3.8, 4) is 0 Å². The predicted molar refractivity (Wildman–Crippen MR) is 108 cm³/mol. The molecule has 0 saturated carbocycles. The molecule has 0 aliphatic heterocycles. The van der Waals surface area contributed by atoms with Crippen LogP contribution in [0.2, 0.25) is 0 Å². The van der Waals surface area contributed by atoms with Crippen LogP contribution in [0.1, 0.15) is 73.7 Å². The molecule has 3 aromatic rings. The van der Waals surface area contributed by atoms with Gasteiger partial charge in [-0.25, -0.2) is 0 Å². The van der Waals surface area contributed by atoms with Crippen LogP contribution in [0.15, 0.2) is 18.6 Å². The molecule has 179 valence electrons. The van der Waals surface area contributed by atoms with Crippen LogP contribution in [0.25, 0.3) is 0 Å². The number of nitrogens with zero attached hydrogens (tertiary/aromatic N) is 7. The zero-order valence-electron chi connectivity index (χ0n) is 17.6. The van der Waals surface area contributed by atoms with Gasteiger partial charge in [-0.1, -0.05) is 15.6 Å². The quantitative estimate of drug-likeness (QED) is 0.158. The third-order valence-corrected chi connectivity index (χ3v) is 5.32. The van der Waals surface area contributed by atoms with Gasteiger partial charge in [-0.15, -0.1) is 15.3 Å². The standard InChI is InChI=1S/C18H30N10O3.Cu/c29-7-1-4-16(13-10-19-25-22-13)28(17(5-2-8-30)14-11-20-26-23-14)18(6-3-9-31)15-12-21-27-24-15;/h10-12,16-18,29-31H,1-9H2,(H,19,22,25)(H,20,23,26)(H,21,24,27);/q;+2. The maximum absolute atomic E-state index is 9.54. The summed E-state index contributed by atoms with van der Waals surface area (Å²) in [5.41, 5.74) is 2.18. The first kappa shape index (κ1) is 26.0. The molecule has 6 N–H and O–H groups in total. The number of hydrogen-bond donors (Lipinski definition) is 6. The third-order valence-electron chi connectivity index (χ3n) is 5.32. The van der Waals surface area contributed by atoms with Crippen LogP contribution in [0.3, 0.4) is 0 Å². The molecule has 0 aromatic carbocycles. The van der Waals surface area contributed by atoms with Gasteiger partial charge < -0.3 is 15.3 Å². The van der Waals surface area contributed by atoms with Crippen LogP contribution >= 0.6 is 0 Å². The molecule has 14 heteroatoms. The van der Waals surface area contributed by atoms with E-state index in [0.29, 0.717) is 38.5 Å². The van der Waals surface area contributed by atoms with E-state index in [1.165, 1.54) is 0 Å². The number of nitrogens with one attached hydrogen (secondary N) is 3. The van der Waals surface area contributed by atoms with Gasteiger partial charge in [0.2, 0.25) is 0 Å². The Balaban J connectivity index is 0.00000363. The van der Waals surface area contributed by atoms with Crippen molar-refractivity contribution in [3.05, 3.63) is 35.7 Å². The summed E-state index contributed by atoms with van der Waals surface area (Å²) in [6, 6.07) is -0.690. The van der Waals surface area contributed by atoms with E-state index >= 15 is 0 Å². The largest absolute Gasteiger partial charge is 2.00 e. The van der Waals surface area contributed by atoms with Crippen molar-refractivity contribution < 1.29 is 32.4 Å². The molecule has 3 rings (SSSR count). The third kappa shape index (κ3) is 6.64. The smallest absolute Gasteiger partial charge is 0.396 e. The van der Waals surface area contributed by atoms with Crippen LogP contribution in [-0.4, -0.2) is 86.3 Å². The molecule has 3 unspecified atom stereocenters. The van der Waals surface area contributed by atoms with Crippen LogP contribution in [0.5, 0.6) is 0 Å². The molecule has 1 radical (unpaired) electrons. The Hall–Kier alpha value is -2.22. The van der Waals surface area contributed by atoms with Gasteiger partial charge in [-0.2, -0.15) is 0 Å². The molecule has 0 spiro atoms. The average molecular weight is 498 g/mol. The van der Waals surface area contributed by atoms with E-state index in [4.69, 9.17) is 0 Å². The molecule has 0 saturated heterocycles. The molecule has 3 aromatic heterocycles. The van der Waals surface area contributed by atoms with E-state index < -0.39 is 0 Å². The molecule has 0 aliphatic carbocycles. The first-order chi connectivity index (χ1) is 15.3. The molecular formula is C18H30CuN10O3+2. The summed E-state index contributed by atoms with van der Waals surface area (Å²) in [4.78, 5) is 2.23. The fourth-order valence-electron chi connectivity index (χ4n) is 3.97. The normalized spacial score (nSPS) is 14.2. The van der Waals surface area contributed by atoms with E-state index in [1.54, 1.807) is 18.6 Å². The molecule has 3 heterocycles. The number of rotatable bonds is 15. The number of aliphatic hydroxyl groups excluding tert-OH is 3. The minimum atomic E-state index is -0.230. The second kappa shape index (κ2) is 14.0. The molecular weight excluding hydrogens is 468 g/mol. The van der Waals surface area contributed by atoms with E-state index in [-0.39, 0.29) is 55.0 Å². The summed E-state index contributed by atoms with van der Waals surface area (Å²) in [6.45, 7) is 0.121. The van der Waals surface area contributed by atoms with Crippen molar-refractivity contribution in [1.82, 2.24) is 51.1 Å². The Morgan fingerprint density at radius 3 is 1.16 bits per heavy atom. The van der Waals surface area contributed by atoms with Crippen molar-refractivity contribution in [2.75, 3.05) is 19.8 Å². The average Bonchev–Trinajstić information content (AvgIpc) is 3.57. The number of H-pyrrole nitrogens is 3. The first-order valence-electron chi connectivity index (χ1n) is 10.5. The van der Waals surface area contributed by atoms with Crippen LogP contribution < -0.4 is 0 Å². The molecule has 32 heavy (non-hydrogen) atoms. The summed E-state index contributed by atoms with van der Waals surface area (Å²) >= 11 is 0. The number of aliphatic hydroxyl groups is 3. The zero-order valence-corrected chi connectivity index (χ0v) is 18.5. The summed E-state index contributed by atoms with van der Waals surface area (Å²) < 4.78 is 0. The van der Waals surface area contributed by atoms with Crippen molar-refractivity contribution in [2.45, 2.75) is 56.7 Å². The Kier molecular flexibility index (Phi) is 11.4. The van der Waals surface area contributed by atoms with Crippen molar-refractivity contribution in [3.63, 3.8) is 0 Å². The van der Waals surface area contributed by atoms with Crippen molar-refractivity contribution >= 4 is 0 Å². The monoisotopic (exact) mass is 497 g/mol. The van der Waals surface area contributed by atoms with E-state index in [1.807, 2.05) is 0 Å². The summed E-state index contributed by atoms with van der Waals surface area (Å²) in [5, 5.41) is 61.4. The van der Waals surface area contributed by atoms with Crippen molar-refractivity contribution in [2.24, 2.45) is 0 Å². The number of aromatic amines is 3. The molecule has 0 aliphatic rings. The van der Waals surface area contributed by atoms with Crippen LogP contribution in [-0.2, 0) is 17.1 Å². The Bertz CT molecular complexity index is 708. The second-order valence-corrected chi connectivity index (χ2v) is 7.29. The predicted octanol–water partition coefficient (Wildman–Crippen LogP) is 0.182. The van der Waals surface area contributed by atoms with E-state index in [0.717, 1.165) is 17.1 Å². The fourth-order valence-corrected chi connectivity index (χ4v) is 3.97. The molecule has 0 fully saturated rings. The fraction of sp³-hybridized carbons (Fsp3) is 0.667. The Morgan fingerprint density at radius 1 is 0.625 bits per heavy atom. The van der Waals surface area contributed by atoms with E-state index in [9.17, 15) is 15.3 Å². The number of hydrogen-bond acceptors (Lipinski definition) is 10.